The standard InChI is InChI=1S/C18H20N4OS/c19-10-16-17(6-8-21-18(16)24)22-9-3-4-14(11-22)12-23-13-15-5-1-2-7-20-15/h1-2,5-8,14H,3-4,9,11-13H2,(H,21,24)/t14-/m0/s1. The van der Waals surface area contributed by atoms with Crippen LogP contribution in [0, 0.1) is 21.9 Å². The molecule has 1 aliphatic rings. The Morgan fingerprint density at radius 1 is 1.42 bits per heavy atom. The van der Waals surface area contributed by atoms with Crippen LogP contribution in [-0.2, 0) is 11.3 Å². The van der Waals surface area contributed by atoms with E-state index in [2.05, 4.69) is 20.9 Å². The molecular formula is C18H20N4OS. The Bertz CT molecular complexity index is 769. The number of nitrogens with zero attached hydrogens (tertiary/aromatic N) is 3. The van der Waals surface area contributed by atoms with Gasteiger partial charge in [-0.1, -0.05) is 18.3 Å². The molecule has 0 amide bonds. The molecule has 24 heavy (non-hydrogen) atoms. The maximum absolute atomic E-state index is 9.37. The molecule has 124 valence electrons. The van der Waals surface area contributed by atoms with E-state index in [4.69, 9.17) is 17.0 Å². The summed E-state index contributed by atoms with van der Waals surface area (Å²) in [6.45, 7) is 3.08. The molecule has 0 aliphatic carbocycles. The Balaban J connectivity index is 1.60. The lowest BCUT2D eigenvalue weighted by Gasteiger charge is -2.34. The van der Waals surface area contributed by atoms with Gasteiger partial charge < -0.3 is 14.6 Å². The van der Waals surface area contributed by atoms with Crippen LogP contribution in [-0.4, -0.2) is 29.7 Å². The van der Waals surface area contributed by atoms with Gasteiger partial charge >= 0.3 is 0 Å². The van der Waals surface area contributed by atoms with Gasteiger partial charge in [0.25, 0.3) is 0 Å². The minimum Gasteiger partial charge on any atom is -0.375 e. The summed E-state index contributed by atoms with van der Waals surface area (Å²) in [5.74, 6) is 0.451. The highest BCUT2D eigenvalue weighted by molar-refractivity contribution is 7.71. The quantitative estimate of drug-likeness (QED) is 0.845. The van der Waals surface area contributed by atoms with E-state index in [0.29, 0.717) is 29.3 Å². The number of ether oxygens (including phenoxy) is 1. The first-order chi connectivity index (χ1) is 11.8. The first-order valence-electron chi connectivity index (χ1n) is 8.12. The number of rotatable bonds is 5. The Labute approximate surface area is 146 Å². The van der Waals surface area contributed by atoms with Crippen LogP contribution in [0.1, 0.15) is 24.1 Å². The first-order valence-corrected chi connectivity index (χ1v) is 8.53. The molecule has 6 heteroatoms. The Morgan fingerprint density at radius 2 is 2.33 bits per heavy atom. The van der Waals surface area contributed by atoms with Crippen molar-refractivity contribution in [1.82, 2.24) is 9.97 Å². The summed E-state index contributed by atoms with van der Waals surface area (Å²) in [5.41, 5.74) is 2.43. The zero-order chi connectivity index (χ0) is 16.8. The van der Waals surface area contributed by atoms with Crippen molar-refractivity contribution in [1.29, 1.82) is 5.26 Å². The van der Waals surface area contributed by atoms with Crippen LogP contribution < -0.4 is 4.90 Å². The topological polar surface area (TPSA) is 64.9 Å². The molecule has 1 fully saturated rings. The summed E-state index contributed by atoms with van der Waals surface area (Å²) in [4.78, 5) is 9.45. The van der Waals surface area contributed by atoms with Gasteiger partial charge in [-0.2, -0.15) is 5.26 Å². The number of piperidine rings is 1. The Morgan fingerprint density at radius 3 is 3.12 bits per heavy atom. The molecule has 1 atom stereocenters. The van der Waals surface area contributed by atoms with Gasteiger partial charge in [0.05, 0.1) is 24.6 Å². The summed E-state index contributed by atoms with van der Waals surface area (Å²) >= 11 is 5.23. The van der Waals surface area contributed by atoms with Crippen LogP contribution in [0.5, 0.6) is 0 Å². The number of nitriles is 1. The fourth-order valence-corrected chi connectivity index (χ4v) is 3.29. The number of hydrogen-bond donors (Lipinski definition) is 1. The molecule has 0 radical (unpaired) electrons. The smallest absolute Gasteiger partial charge is 0.123 e. The Hall–Kier alpha value is -2.23. The average Bonchev–Trinajstić information content (AvgIpc) is 2.63. The molecule has 2 aromatic heterocycles. The second kappa shape index (κ2) is 8.04. The van der Waals surface area contributed by atoms with Gasteiger partial charge in [0.2, 0.25) is 0 Å². The van der Waals surface area contributed by atoms with Crippen LogP contribution >= 0.6 is 12.2 Å². The monoisotopic (exact) mass is 340 g/mol. The Kier molecular flexibility index (Phi) is 5.57. The van der Waals surface area contributed by atoms with Crippen molar-refractivity contribution >= 4 is 17.9 Å². The summed E-state index contributed by atoms with van der Waals surface area (Å²) < 4.78 is 6.35. The average molecular weight is 340 g/mol. The zero-order valence-electron chi connectivity index (χ0n) is 13.4. The van der Waals surface area contributed by atoms with Crippen molar-refractivity contribution in [2.24, 2.45) is 5.92 Å². The van der Waals surface area contributed by atoms with Crippen molar-refractivity contribution in [2.75, 3.05) is 24.6 Å². The van der Waals surface area contributed by atoms with Crippen LogP contribution in [0.2, 0.25) is 0 Å². The summed E-state index contributed by atoms with van der Waals surface area (Å²) in [5, 5.41) is 9.37. The lowest BCUT2D eigenvalue weighted by atomic mass is 9.98. The number of aromatic amines is 1. The molecule has 0 unspecified atom stereocenters. The summed E-state index contributed by atoms with van der Waals surface area (Å²) in [6.07, 6.45) is 5.82. The van der Waals surface area contributed by atoms with Crippen molar-refractivity contribution in [3.8, 4) is 6.07 Å². The highest BCUT2D eigenvalue weighted by atomic mass is 32.1. The SMILES string of the molecule is N#Cc1c(N2CCC[C@H](COCc3ccccn3)C2)cc[nH]c1=S. The molecule has 2 aromatic rings. The number of aromatic nitrogens is 2. The predicted molar refractivity (Wildman–Crippen MR) is 95.2 cm³/mol. The van der Waals surface area contributed by atoms with Crippen LogP contribution in [0.4, 0.5) is 5.69 Å². The predicted octanol–water partition coefficient (Wildman–Crippen LogP) is 3.44. The minimum atomic E-state index is 0.451. The molecule has 5 nitrogen and oxygen atoms in total. The minimum absolute atomic E-state index is 0.451. The van der Waals surface area contributed by atoms with Crippen LogP contribution in [0.25, 0.3) is 0 Å². The molecule has 0 spiro atoms. The van der Waals surface area contributed by atoms with E-state index in [9.17, 15) is 5.26 Å². The van der Waals surface area contributed by atoms with Gasteiger partial charge in [0.1, 0.15) is 16.3 Å². The van der Waals surface area contributed by atoms with E-state index in [1.165, 1.54) is 0 Å². The third-order valence-electron chi connectivity index (χ3n) is 4.24. The lowest BCUT2D eigenvalue weighted by Crippen LogP contribution is -2.37. The van der Waals surface area contributed by atoms with Crippen molar-refractivity contribution in [3.05, 3.63) is 52.6 Å². The number of nitrogens with one attached hydrogen (secondary N) is 1. The fraction of sp³-hybridized carbons (Fsp3) is 0.389. The van der Waals surface area contributed by atoms with E-state index in [-0.39, 0.29) is 0 Å². The molecule has 0 saturated carbocycles. The molecular weight excluding hydrogens is 320 g/mol. The van der Waals surface area contributed by atoms with Gasteiger partial charge in [-0.15, -0.1) is 0 Å². The molecule has 1 N–H and O–H groups in total. The van der Waals surface area contributed by atoms with Gasteiger partial charge in [0.15, 0.2) is 0 Å². The summed E-state index contributed by atoms with van der Waals surface area (Å²) in [6, 6.07) is 10.0. The maximum Gasteiger partial charge on any atom is 0.123 e. The molecule has 1 saturated heterocycles. The highest BCUT2D eigenvalue weighted by Gasteiger charge is 2.22. The molecule has 0 bridgehead atoms. The first kappa shape index (κ1) is 16.6. The number of hydrogen-bond acceptors (Lipinski definition) is 5. The van der Waals surface area contributed by atoms with E-state index in [1.807, 2.05) is 24.3 Å². The third kappa shape index (κ3) is 3.99. The second-order valence-electron chi connectivity index (χ2n) is 5.97. The molecule has 3 heterocycles. The van der Waals surface area contributed by atoms with Gasteiger partial charge in [-0.3, -0.25) is 4.98 Å². The van der Waals surface area contributed by atoms with Crippen molar-refractivity contribution in [2.45, 2.75) is 19.4 Å². The van der Waals surface area contributed by atoms with Crippen molar-refractivity contribution < 1.29 is 4.74 Å². The van der Waals surface area contributed by atoms with E-state index in [0.717, 1.165) is 37.3 Å². The van der Waals surface area contributed by atoms with Gasteiger partial charge in [-0.25, -0.2) is 0 Å². The lowest BCUT2D eigenvalue weighted by molar-refractivity contribution is 0.0797. The van der Waals surface area contributed by atoms with Gasteiger partial charge in [-0.05, 0) is 37.0 Å². The largest absolute Gasteiger partial charge is 0.375 e. The van der Waals surface area contributed by atoms with E-state index in [1.54, 1.807) is 12.4 Å². The molecule has 1 aliphatic heterocycles. The zero-order valence-corrected chi connectivity index (χ0v) is 14.3. The molecule has 3 rings (SSSR count). The van der Waals surface area contributed by atoms with E-state index < -0.39 is 0 Å². The number of H-pyrrole nitrogens is 1. The van der Waals surface area contributed by atoms with E-state index >= 15 is 0 Å². The fourth-order valence-electron chi connectivity index (χ4n) is 3.07. The number of anilines is 1. The highest BCUT2D eigenvalue weighted by Crippen LogP contribution is 2.26. The van der Waals surface area contributed by atoms with Crippen molar-refractivity contribution in [3.63, 3.8) is 0 Å². The van der Waals surface area contributed by atoms with Crippen LogP contribution in [0.15, 0.2) is 36.7 Å². The second-order valence-corrected chi connectivity index (χ2v) is 6.38. The number of pyridine rings is 2. The maximum atomic E-state index is 9.37. The third-order valence-corrected chi connectivity index (χ3v) is 4.56. The normalized spacial score (nSPS) is 17.5. The summed E-state index contributed by atoms with van der Waals surface area (Å²) in [7, 11) is 0. The van der Waals surface area contributed by atoms with Gasteiger partial charge in [0, 0.05) is 25.5 Å². The molecule has 0 aromatic carbocycles. The van der Waals surface area contributed by atoms with Crippen LogP contribution in [0.3, 0.4) is 0 Å².